The number of carboxylic acids is 1. The quantitative estimate of drug-likeness (QED) is 0.0195. The summed E-state index contributed by atoms with van der Waals surface area (Å²) in [4.78, 5) is 37.5. The smallest absolute Gasteiger partial charge is 0.306 e. The molecule has 0 radical (unpaired) electrons. The molecular weight excluding hydrogens is 1130 g/mol. The first-order valence-corrected chi connectivity index (χ1v) is 37.3. The standard InChI is InChI=1S/C82H139NO8/c1-6-8-10-12-14-16-18-20-22-24-26-28-30-32-34-36-37-38-39-40-41-42-43-45-46-48-50-52-54-56-58-60-62-64-66-68-70-72-79(84)89-76-78(77-90-82(81(86)87)88-75-74-83(3,4)5)91-80(85)73-71-69-67-65-63-61-59-57-55-53-51-49-47-44-35-33-31-29-27-25-23-21-19-17-15-13-11-9-7-2/h8-11,14-17,20-23,26-29,33,35,47,49,53,55,78,82H,6-7,12-13,18-19,24-25,30-32,34,36-46,48,50-52,54,56-77H2,1-5H3/b10-8-,11-9-,16-14-,17-15-,22-20-,23-21-,28-26-,29-27-,35-33-,49-47-,55-53-. The van der Waals surface area contributed by atoms with E-state index < -0.39 is 24.3 Å². The van der Waals surface area contributed by atoms with Gasteiger partial charge >= 0.3 is 11.9 Å². The van der Waals surface area contributed by atoms with E-state index in [4.69, 9.17) is 18.9 Å². The predicted octanol–water partition coefficient (Wildman–Crippen LogP) is 22.4. The molecule has 520 valence electrons. The Labute approximate surface area is 560 Å². The lowest BCUT2D eigenvalue weighted by atomic mass is 10.0. The average molecular weight is 1270 g/mol. The number of hydrogen-bond donors (Lipinski definition) is 0. The average Bonchev–Trinajstić information content (AvgIpc) is 3.66. The molecule has 0 aromatic rings. The van der Waals surface area contributed by atoms with Gasteiger partial charge in [-0.15, -0.1) is 0 Å². The highest BCUT2D eigenvalue weighted by atomic mass is 16.7. The first kappa shape index (κ1) is 86.4. The van der Waals surface area contributed by atoms with Crippen LogP contribution in [0.3, 0.4) is 0 Å². The minimum Gasteiger partial charge on any atom is -0.545 e. The number of unbranched alkanes of at least 4 members (excludes halogenated alkanes) is 31. The lowest BCUT2D eigenvalue weighted by molar-refractivity contribution is -0.870. The van der Waals surface area contributed by atoms with Crippen LogP contribution in [0.4, 0.5) is 0 Å². The van der Waals surface area contributed by atoms with E-state index in [-0.39, 0.29) is 38.6 Å². The van der Waals surface area contributed by atoms with Crippen LogP contribution < -0.4 is 5.11 Å². The zero-order valence-corrected chi connectivity index (χ0v) is 59.4. The first-order valence-electron chi connectivity index (χ1n) is 37.3. The van der Waals surface area contributed by atoms with E-state index in [2.05, 4.69) is 148 Å². The number of nitrogens with zero attached hydrogens (tertiary/aromatic N) is 1. The fraction of sp³-hybridized carbons (Fsp3) is 0.695. The fourth-order valence-electron chi connectivity index (χ4n) is 10.3. The van der Waals surface area contributed by atoms with Crippen molar-refractivity contribution >= 4 is 17.9 Å². The van der Waals surface area contributed by atoms with E-state index in [1.807, 2.05) is 21.1 Å². The molecule has 0 aromatic heterocycles. The van der Waals surface area contributed by atoms with Crippen LogP contribution in [0.15, 0.2) is 134 Å². The molecule has 0 heterocycles. The molecule has 2 atom stereocenters. The van der Waals surface area contributed by atoms with E-state index in [1.165, 1.54) is 161 Å². The van der Waals surface area contributed by atoms with Gasteiger partial charge in [-0.05, 0) is 109 Å². The molecule has 0 amide bonds. The van der Waals surface area contributed by atoms with Gasteiger partial charge in [0.1, 0.15) is 13.2 Å². The van der Waals surface area contributed by atoms with Crippen LogP contribution in [-0.4, -0.2) is 82.3 Å². The van der Waals surface area contributed by atoms with E-state index in [9.17, 15) is 19.5 Å². The molecule has 9 heteroatoms. The fourth-order valence-corrected chi connectivity index (χ4v) is 10.3. The van der Waals surface area contributed by atoms with Crippen molar-refractivity contribution in [2.75, 3.05) is 47.5 Å². The Morgan fingerprint density at radius 2 is 0.593 bits per heavy atom. The molecule has 0 aliphatic rings. The van der Waals surface area contributed by atoms with Gasteiger partial charge in [0, 0.05) is 12.8 Å². The predicted molar refractivity (Wildman–Crippen MR) is 389 cm³/mol. The molecule has 0 saturated carbocycles. The molecule has 0 aliphatic carbocycles. The van der Waals surface area contributed by atoms with Gasteiger partial charge in [-0.3, -0.25) is 9.59 Å². The number of ether oxygens (including phenoxy) is 4. The molecule has 9 nitrogen and oxygen atoms in total. The lowest BCUT2D eigenvalue weighted by Gasteiger charge is -2.26. The van der Waals surface area contributed by atoms with Gasteiger partial charge in [0.25, 0.3) is 0 Å². The topological polar surface area (TPSA) is 111 Å². The van der Waals surface area contributed by atoms with Gasteiger partial charge in [0.2, 0.25) is 0 Å². The van der Waals surface area contributed by atoms with Crippen LogP contribution in [-0.2, 0) is 33.3 Å². The maximum absolute atomic E-state index is 12.9. The van der Waals surface area contributed by atoms with Gasteiger partial charge in [0.15, 0.2) is 12.4 Å². The monoisotopic (exact) mass is 1270 g/mol. The number of quaternary nitrogens is 1. The number of carbonyl (C=O) groups is 3. The molecule has 0 bridgehead atoms. The van der Waals surface area contributed by atoms with Gasteiger partial charge in [-0.1, -0.05) is 321 Å². The zero-order valence-electron chi connectivity index (χ0n) is 59.4. The summed E-state index contributed by atoms with van der Waals surface area (Å²) in [6.07, 6.45) is 99.8. The Balaban J connectivity index is 4.07. The van der Waals surface area contributed by atoms with Crippen molar-refractivity contribution in [1.29, 1.82) is 0 Å². The minimum atomic E-state index is -1.63. The zero-order chi connectivity index (χ0) is 66.1. The third-order valence-electron chi connectivity index (χ3n) is 15.9. The molecular formula is C82H139NO8. The molecule has 0 saturated heterocycles. The van der Waals surface area contributed by atoms with Crippen molar-refractivity contribution < 1.29 is 42.9 Å². The maximum atomic E-state index is 12.9. The second-order valence-corrected chi connectivity index (χ2v) is 25.8. The number of allylic oxidation sites excluding steroid dienone is 22. The van der Waals surface area contributed by atoms with Crippen molar-refractivity contribution in [2.24, 2.45) is 0 Å². The molecule has 0 aromatic carbocycles. The van der Waals surface area contributed by atoms with Crippen LogP contribution in [0, 0.1) is 0 Å². The van der Waals surface area contributed by atoms with E-state index in [0.29, 0.717) is 17.4 Å². The number of carboxylic acid groups (broad SMARTS) is 1. The number of aliphatic carboxylic acids is 1. The van der Waals surface area contributed by atoms with Crippen molar-refractivity contribution in [2.45, 2.75) is 322 Å². The summed E-state index contributed by atoms with van der Waals surface area (Å²) in [5, 5.41) is 11.8. The number of likely N-dealkylation sites (N-methyl/N-ethyl adjacent to an activating group) is 1. The number of carbonyl (C=O) groups excluding carboxylic acids is 3. The second kappa shape index (κ2) is 71.3. The lowest BCUT2D eigenvalue weighted by Crippen LogP contribution is -2.44. The number of rotatable bonds is 68. The van der Waals surface area contributed by atoms with E-state index >= 15 is 0 Å². The summed E-state index contributed by atoms with van der Waals surface area (Å²) in [5.74, 6) is -2.29. The molecule has 0 fully saturated rings. The molecule has 0 spiro atoms. The minimum absolute atomic E-state index is 0.141. The summed E-state index contributed by atoms with van der Waals surface area (Å²) in [6.45, 7) is 4.53. The maximum Gasteiger partial charge on any atom is 0.306 e. The molecule has 0 N–H and O–H groups in total. The molecule has 2 unspecified atom stereocenters. The summed E-state index contributed by atoms with van der Waals surface area (Å²) in [7, 11) is 5.93. The third kappa shape index (κ3) is 72.7. The summed E-state index contributed by atoms with van der Waals surface area (Å²) in [5.41, 5.74) is 0. The van der Waals surface area contributed by atoms with Crippen LogP contribution >= 0.6 is 0 Å². The number of hydrogen-bond acceptors (Lipinski definition) is 8. The van der Waals surface area contributed by atoms with Gasteiger partial charge in [-0.25, -0.2) is 0 Å². The summed E-state index contributed by atoms with van der Waals surface area (Å²) >= 11 is 0. The van der Waals surface area contributed by atoms with Crippen LogP contribution in [0.25, 0.3) is 0 Å². The number of esters is 2. The van der Waals surface area contributed by atoms with Gasteiger partial charge in [0.05, 0.1) is 40.3 Å². The second-order valence-electron chi connectivity index (χ2n) is 25.8. The largest absolute Gasteiger partial charge is 0.545 e. The SMILES string of the molecule is CC/C=C\C/C=C\C/C=C\C/C=C\C/C=C\C/C=C\C/C=C\CCCCCCCCCC(=O)OC(COC(=O)CCCCCCCCCCCCCCCCCCCCCCCCCC/C=C\C/C=C\C/C=C\C/C=C\CC)COC(OCC[N+](C)(C)C)C(=O)[O-]. The third-order valence-corrected chi connectivity index (χ3v) is 15.9. The first-order chi connectivity index (χ1) is 44.6. The Morgan fingerprint density at radius 1 is 0.330 bits per heavy atom. The van der Waals surface area contributed by atoms with Gasteiger partial charge < -0.3 is 33.3 Å². The van der Waals surface area contributed by atoms with Crippen LogP contribution in [0.1, 0.15) is 309 Å². The highest BCUT2D eigenvalue weighted by Gasteiger charge is 2.22. The Bertz CT molecular complexity index is 1960. The highest BCUT2D eigenvalue weighted by Crippen LogP contribution is 2.18. The van der Waals surface area contributed by atoms with Crippen molar-refractivity contribution in [3.63, 3.8) is 0 Å². The summed E-state index contributed by atoms with van der Waals surface area (Å²) < 4.78 is 22.8. The Morgan fingerprint density at radius 3 is 0.879 bits per heavy atom. The van der Waals surface area contributed by atoms with E-state index in [0.717, 1.165) is 116 Å². The molecule has 0 rings (SSSR count). The van der Waals surface area contributed by atoms with Crippen LogP contribution in [0.5, 0.6) is 0 Å². The van der Waals surface area contributed by atoms with Gasteiger partial charge in [-0.2, -0.15) is 0 Å². The molecule has 0 aliphatic heterocycles. The Kier molecular flexibility index (Phi) is 67.7. The van der Waals surface area contributed by atoms with Crippen LogP contribution in [0.2, 0.25) is 0 Å². The normalized spacial score (nSPS) is 13.5. The van der Waals surface area contributed by atoms with Crippen molar-refractivity contribution in [1.82, 2.24) is 0 Å². The van der Waals surface area contributed by atoms with E-state index in [1.54, 1.807) is 0 Å². The Hall–Kier alpha value is -4.57. The summed E-state index contributed by atoms with van der Waals surface area (Å²) in [6, 6.07) is 0. The van der Waals surface area contributed by atoms with Crippen molar-refractivity contribution in [3.05, 3.63) is 134 Å². The molecule has 91 heavy (non-hydrogen) atoms. The highest BCUT2D eigenvalue weighted by molar-refractivity contribution is 5.70. The van der Waals surface area contributed by atoms with Crippen molar-refractivity contribution in [3.8, 4) is 0 Å².